The number of carbonyl (C=O) groups is 2. The lowest BCUT2D eigenvalue weighted by molar-refractivity contribution is -0.121. The topological polar surface area (TPSA) is 61.4 Å². The highest BCUT2D eigenvalue weighted by molar-refractivity contribution is 5.83. The van der Waals surface area contributed by atoms with E-state index in [0.29, 0.717) is 13.1 Å². The summed E-state index contributed by atoms with van der Waals surface area (Å²) in [6.07, 6.45) is 2.00. The van der Waals surface area contributed by atoms with Crippen molar-refractivity contribution in [1.29, 1.82) is 0 Å². The highest BCUT2D eigenvalue weighted by Crippen LogP contribution is 1.87. The molecule has 0 saturated carbocycles. The Balaban J connectivity index is 3.73. The lowest BCUT2D eigenvalue weighted by Crippen LogP contribution is -2.43. The fourth-order valence-corrected chi connectivity index (χ4v) is 1.05. The summed E-state index contributed by atoms with van der Waals surface area (Å²) in [5, 5.41) is 5.38. The third kappa shape index (κ3) is 6.76. The number of rotatable bonds is 6. The maximum absolute atomic E-state index is 11.4. The largest absolute Gasteiger partial charge is 0.355 e. The predicted octanol–water partition coefficient (Wildman–Crippen LogP) is 0.564. The molecule has 88 valence electrons. The molecular weight excluding hydrogens is 194 g/mol. The first-order valence-corrected chi connectivity index (χ1v) is 5.37. The molecule has 0 radical (unpaired) electrons. The molecule has 0 heterocycles. The van der Waals surface area contributed by atoms with E-state index in [1.807, 2.05) is 6.92 Å². The molecule has 0 unspecified atom stereocenters. The Morgan fingerprint density at radius 1 is 1.20 bits per heavy atom. The van der Waals surface area contributed by atoms with E-state index < -0.39 is 0 Å². The normalized spacial score (nSPS) is 9.53. The molecule has 0 aliphatic heterocycles. The number of nitrogens with zero attached hydrogens (tertiary/aromatic N) is 1. The van der Waals surface area contributed by atoms with Crippen LogP contribution in [0.3, 0.4) is 0 Å². The first-order chi connectivity index (χ1) is 7.11. The molecule has 0 rings (SSSR count). The zero-order valence-corrected chi connectivity index (χ0v) is 9.80. The van der Waals surface area contributed by atoms with Crippen LogP contribution >= 0.6 is 0 Å². The zero-order valence-electron chi connectivity index (χ0n) is 9.80. The third-order valence-electron chi connectivity index (χ3n) is 1.91. The Morgan fingerprint density at radius 2 is 1.87 bits per heavy atom. The molecule has 3 amide bonds. The minimum atomic E-state index is -0.199. The van der Waals surface area contributed by atoms with Gasteiger partial charge in [0, 0.05) is 20.1 Å². The maximum Gasteiger partial charge on any atom is 0.317 e. The van der Waals surface area contributed by atoms with Crippen molar-refractivity contribution in [2.24, 2.45) is 0 Å². The molecule has 2 N–H and O–H groups in total. The Kier molecular flexibility index (Phi) is 7.40. The Bertz CT molecular complexity index is 207. The highest BCUT2D eigenvalue weighted by Gasteiger charge is 2.10. The van der Waals surface area contributed by atoms with Crippen molar-refractivity contribution in [2.75, 3.05) is 26.7 Å². The van der Waals surface area contributed by atoms with E-state index in [0.717, 1.165) is 12.8 Å². The molecule has 0 atom stereocenters. The maximum atomic E-state index is 11.4. The van der Waals surface area contributed by atoms with Gasteiger partial charge in [-0.05, 0) is 13.3 Å². The monoisotopic (exact) mass is 215 g/mol. The molecular formula is C10H21N3O2. The first kappa shape index (κ1) is 13.7. The van der Waals surface area contributed by atoms with Crippen molar-refractivity contribution >= 4 is 11.9 Å². The van der Waals surface area contributed by atoms with Crippen molar-refractivity contribution in [2.45, 2.75) is 26.7 Å². The van der Waals surface area contributed by atoms with Crippen LogP contribution in [0, 0.1) is 0 Å². The summed E-state index contributed by atoms with van der Waals surface area (Å²) in [4.78, 5) is 23.9. The van der Waals surface area contributed by atoms with Crippen molar-refractivity contribution in [3.8, 4) is 0 Å². The van der Waals surface area contributed by atoms with Crippen LogP contribution in [-0.2, 0) is 4.79 Å². The van der Waals surface area contributed by atoms with Crippen LogP contribution in [0.2, 0.25) is 0 Å². The second-order valence-corrected chi connectivity index (χ2v) is 3.40. The van der Waals surface area contributed by atoms with Crippen LogP contribution in [-0.4, -0.2) is 43.5 Å². The zero-order chi connectivity index (χ0) is 11.7. The van der Waals surface area contributed by atoms with Gasteiger partial charge < -0.3 is 15.5 Å². The number of hydrogen-bond donors (Lipinski definition) is 2. The molecule has 0 aliphatic rings. The average molecular weight is 215 g/mol. The first-order valence-electron chi connectivity index (χ1n) is 5.37. The number of amides is 3. The summed E-state index contributed by atoms with van der Waals surface area (Å²) in [7, 11) is 1.61. The lowest BCUT2D eigenvalue weighted by atomic mass is 10.3. The molecule has 0 saturated heterocycles. The summed E-state index contributed by atoms with van der Waals surface area (Å²) < 4.78 is 0. The van der Waals surface area contributed by atoms with Gasteiger partial charge in [-0.2, -0.15) is 0 Å². The molecule has 0 spiro atoms. The summed E-state index contributed by atoms with van der Waals surface area (Å²) >= 11 is 0. The highest BCUT2D eigenvalue weighted by atomic mass is 16.2. The standard InChI is InChI=1S/C10H21N3O2/c1-4-6-7-12-10(15)13(3)8-9(14)11-5-2/h4-8H2,1-3H3,(H,11,14)(H,12,15). The van der Waals surface area contributed by atoms with Crippen LogP contribution in [0.25, 0.3) is 0 Å². The van der Waals surface area contributed by atoms with Gasteiger partial charge in [0.15, 0.2) is 0 Å². The van der Waals surface area contributed by atoms with Gasteiger partial charge in [0.25, 0.3) is 0 Å². The molecule has 0 aromatic heterocycles. The van der Waals surface area contributed by atoms with E-state index in [9.17, 15) is 9.59 Å². The van der Waals surface area contributed by atoms with Gasteiger partial charge in [-0.3, -0.25) is 4.79 Å². The number of nitrogens with one attached hydrogen (secondary N) is 2. The van der Waals surface area contributed by atoms with E-state index in [-0.39, 0.29) is 18.5 Å². The molecule has 0 aliphatic carbocycles. The average Bonchev–Trinajstić information content (AvgIpc) is 2.18. The molecule has 15 heavy (non-hydrogen) atoms. The fraction of sp³-hybridized carbons (Fsp3) is 0.800. The Labute approximate surface area is 91.2 Å². The second-order valence-electron chi connectivity index (χ2n) is 3.40. The molecule has 0 fully saturated rings. The van der Waals surface area contributed by atoms with Crippen molar-refractivity contribution in [1.82, 2.24) is 15.5 Å². The predicted molar refractivity (Wildman–Crippen MR) is 59.6 cm³/mol. The number of carbonyl (C=O) groups excluding carboxylic acids is 2. The second kappa shape index (κ2) is 8.08. The number of likely N-dealkylation sites (N-methyl/N-ethyl adjacent to an activating group) is 2. The van der Waals surface area contributed by atoms with E-state index >= 15 is 0 Å². The van der Waals surface area contributed by atoms with Gasteiger partial charge in [-0.1, -0.05) is 13.3 Å². The lowest BCUT2D eigenvalue weighted by Gasteiger charge is -2.17. The number of urea groups is 1. The summed E-state index contributed by atoms with van der Waals surface area (Å²) in [6.45, 7) is 5.26. The molecule has 0 aromatic carbocycles. The van der Waals surface area contributed by atoms with Crippen molar-refractivity contribution in [3.05, 3.63) is 0 Å². The van der Waals surface area contributed by atoms with Crippen LogP contribution in [0.5, 0.6) is 0 Å². The van der Waals surface area contributed by atoms with E-state index in [1.54, 1.807) is 7.05 Å². The fourth-order valence-electron chi connectivity index (χ4n) is 1.05. The number of hydrogen-bond acceptors (Lipinski definition) is 2. The van der Waals surface area contributed by atoms with Gasteiger partial charge in [-0.25, -0.2) is 4.79 Å². The van der Waals surface area contributed by atoms with E-state index in [2.05, 4.69) is 17.6 Å². The van der Waals surface area contributed by atoms with E-state index in [1.165, 1.54) is 4.90 Å². The minimum Gasteiger partial charge on any atom is -0.355 e. The number of unbranched alkanes of at least 4 members (excludes halogenated alkanes) is 1. The summed E-state index contributed by atoms with van der Waals surface area (Å²) in [6, 6.07) is -0.199. The van der Waals surface area contributed by atoms with Gasteiger partial charge in [0.2, 0.25) is 5.91 Å². The SMILES string of the molecule is CCCCNC(=O)N(C)CC(=O)NCC. The smallest absolute Gasteiger partial charge is 0.317 e. The Morgan fingerprint density at radius 3 is 2.40 bits per heavy atom. The van der Waals surface area contributed by atoms with Crippen LogP contribution in [0.1, 0.15) is 26.7 Å². The molecule has 5 heteroatoms. The molecule has 5 nitrogen and oxygen atoms in total. The van der Waals surface area contributed by atoms with Gasteiger partial charge in [0.05, 0.1) is 0 Å². The molecule has 0 bridgehead atoms. The van der Waals surface area contributed by atoms with E-state index in [4.69, 9.17) is 0 Å². The van der Waals surface area contributed by atoms with Crippen molar-refractivity contribution in [3.63, 3.8) is 0 Å². The molecule has 0 aromatic rings. The van der Waals surface area contributed by atoms with Gasteiger partial charge in [0.1, 0.15) is 6.54 Å². The van der Waals surface area contributed by atoms with Gasteiger partial charge in [-0.15, -0.1) is 0 Å². The quantitative estimate of drug-likeness (QED) is 0.636. The van der Waals surface area contributed by atoms with Crippen LogP contribution in [0.15, 0.2) is 0 Å². The van der Waals surface area contributed by atoms with Crippen LogP contribution < -0.4 is 10.6 Å². The summed E-state index contributed by atoms with van der Waals surface area (Å²) in [5.41, 5.74) is 0. The van der Waals surface area contributed by atoms with Gasteiger partial charge >= 0.3 is 6.03 Å². The third-order valence-corrected chi connectivity index (χ3v) is 1.91. The summed E-state index contributed by atoms with van der Waals surface area (Å²) in [5.74, 6) is -0.134. The Hall–Kier alpha value is -1.26. The minimum absolute atomic E-state index is 0.103. The van der Waals surface area contributed by atoms with Crippen LogP contribution in [0.4, 0.5) is 4.79 Å². The van der Waals surface area contributed by atoms with Crippen molar-refractivity contribution < 1.29 is 9.59 Å².